The first kappa shape index (κ1) is 19.8. The van der Waals surface area contributed by atoms with Gasteiger partial charge >= 0.3 is 0 Å². The van der Waals surface area contributed by atoms with Gasteiger partial charge in [-0.3, -0.25) is 4.99 Å². The molecule has 2 saturated heterocycles. The standard InChI is InChI=1S/C21H30N6O2/c1-15-11-16(2)27(25-15)20-7-6-17(12-23-20)13-24-21(22-3)26-8-10-29-19(14-26)18-5-4-9-28-18/h6-7,11-12,18-19H,4-5,8-10,13-14H2,1-3H3,(H,22,24). The van der Waals surface area contributed by atoms with Gasteiger partial charge in [0.25, 0.3) is 0 Å². The molecule has 0 saturated carbocycles. The summed E-state index contributed by atoms with van der Waals surface area (Å²) in [6.07, 6.45) is 4.42. The van der Waals surface area contributed by atoms with E-state index in [0.29, 0.717) is 13.2 Å². The van der Waals surface area contributed by atoms with Crippen LogP contribution in [-0.2, 0) is 16.0 Å². The lowest BCUT2D eigenvalue weighted by atomic mass is 10.1. The van der Waals surface area contributed by atoms with E-state index in [2.05, 4.69) is 31.4 Å². The highest BCUT2D eigenvalue weighted by Gasteiger charge is 2.32. The van der Waals surface area contributed by atoms with Gasteiger partial charge in [-0.05, 0) is 44.4 Å². The first-order valence-electron chi connectivity index (χ1n) is 10.3. The summed E-state index contributed by atoms with van der Waals surface area (Å²) in [7, 11) is 1.82. The topological polar surface area (TPSA) is 76.8 Å². The molecule has 156 valence electrons. The zero-order chi connectivity index (χ0) is 20.2. The summed E-state index contributed by atoms with van der Waals surface area (Å²) in [5, 5.41) is 7.95. The average molecular weight is 399 g/mol. The molecule has 4 heterocycles. The van der Waals surface area contributed by atoms with Crippen molar-refractivity contribution in [3.05, 3.63) is 41.3 Å². The van der Waals surface area contributed by atoms with E-state index in [9.17, 15) is 0 Å². The number of ether oxygens (including phenoxy) is 2. The van der Waals surface area contributed by atoms with Crippen molar-refractivity contribution in [3.63, 3.8) is 0 Å². The Bertz CT molecular complexity index is 841. The number of morpholine rings is 1. The third kappa shape index (κ3) is 4.59. The Morgan fingerprint density at radius 2 is 2.10 bits per heavy atom. The van der Waals surface area contributed by atoms with Crippen molar-refractivity contribution in [3.8, 4) is 5.82 Å². The number of aryl methyl sites for hydroxylation is 2. The minimum Gasteiger partial charge on any atom is -0.375 e. The van der Waals surface area contributed by atoms with Crippen LogP contribution in [0.1, 0.15) is 29.8 Å². The van der Waals surface area contributed by atoms with Crippen LogP contribution in [0, 0.1) is 13.8 Å². The number of rotatable bonds is 4. The normalized spacial score (nSPS) is 22.9. The summed E-state index contributed by atoms with van der Waals surface area (Å²) in [6, 6.07) is 6.13. The number of guanidine groups is 1. The average Bonchev–Trinajstić information content (AvgIpc) is 3.39. The first-order valence-corrected chi connectivity index (χ1v) is 10.3. The molecule has 0 spiro atoms. The molecule has 8 nitrogen and oxygen atoms in total. The quantitative estimate of drug-likeness (QED) is 0.626. The SMILES string of the molecule is CN=C(NCc1ccc(-n2nc(C)cc2C)nc1)N1CCOC(C2CCCO2)C1. The molecule has 2 aromatic heterocycles. The number of hydrogen-bond donors (Lipinski definition) is 1. The molecule has 0 bridgehead atoms. The second kappa shape index (κ2) is 8.92. The summed E-state index contributed by atoms with van der Waals surface area (Å²) >= 11 is 0. The summed E-state index contributed by atoms with van der Waals surface area (Å²) in [4.78, 5) is 11.3. The third-order valence-electron chi connectivity index (χ3n) is 5.47. The van der Waals surface area contributed by atoms with Crippen LogP contribution >= 0.6 is 0 Å². The monoisotopic (exact) mass is 398 g/mol. The molecule has 2 aromatic rings. The van der Waals surface area contributed by atoms with Gasteiger partial charge in [-0.2, -0.15) is 5.10 Å². The van der Waals surface area contributed by atoms with E-state index in [0.717, 1.165) is 61.3 Å². The van der Waals surface area contributed by atoms with Gasteiger partial charge in [0.2, 0.25) is 0 Å². The number of nitrogens with one attached hydrogen (secondary N) is 1. The molecule has 2 unspecified atom stereocenters. The molecular formula is C21H30N6O2. The van der Waals surface area contributed by atoms with E-state index in [1.165, 1.54) is 0 Å². The molecule has 8 heteroatoms. The highest BCUT2D eigenvalue weighted by molar-refractivity contribution is 5.80. The van der Waals surface area contributed by atoms with E-state index in [1.54, 1.807) is 0 Å². The van der Waals surface area contributed by atoms with E-state index in [4.69, 9.17) is 9.47 Å². The predicted octanol–water partition coefficient (Wildman–Crippen LogP) is 1.84. The van der Waals surface area contributed by atoms with Crippen molar-refractivity contribution in [1.29, 1.82) is 0 Å². The maximum absolute atomic E-state index is 5.95. The van der Waals surface area contributed by atoms with Gasteiger partial charge in [0, 0.05) is 45.2 Å². The lowest BCUT2D eigenvalue weighted by Crippen LogP contribution is -2.53. The molecule has 2 aliphatic heterocycles. The summed E-state index contributed by atoms with van der Waals surface area (Å²) in [5.41, 5.74) is 3.17. The van der Waals surface area contributed by atoms with Crippen molar-refractivity contribution in [2.75, 3.05) is 33.4 Å². The maximum atomic E-state index is 5.95. The second-order valence-corrected chi connectivity index (χ2v) is 7.67. The Balaban J connectivity index is 1.35. The zero-order valence-corrected chi connectivity index (χ0v) is 17.5. The van der Waals surface area contributed by atoms with Gasteiger partial charge < -0.3 is 19.7 Å². The molecule has 2 atom stereocenters. The molecular weight excluding hydrogens is 368 g/mol. The molecule has 4 rings (SSSR count). The first-order chi connectivity index (χ1) is 14.1. The largest absolute Gasteiger partial charge is 0.375 e. The van der Waals surface area contributed by atoms with Gasteiger partial charge in [0.1, 0.15) is 6.10 Å². The highest BCUT2D eigenvalue weighted by Crippen LogP contribution is 2.21. The van der Waals surface area contributed by atoms with Gasteiger partial charge in [0.05, 0.1) is 18.4 Å². The van der Waals surface area contributed by atoms with Crippen LogP contribution in [0.15, 0.2) is 29.4 Å². The van der Waals surface area contributed by atoms with Crippen LogP contribution in [0.4, 0.5) is 0 Å². The predicted molar refractivity (Wildman–Crippen MR) is 111 cm³/mol. The van der Waals surface area contributed by atoms with E-state index in [1.807, 2.05) is 43.9 Å². The Morgan fingerprint density at radius 1 is 1.24 bits per heavy atom. The third-order valence-corrected chi connectivity index (χ3v) is 5.47. The molecule has 2 fully saturated rings. The summed E-state index contributed by atoms with van der Waals surface area (Å²) in [6.45, 7) is 7.87. The molecule has 0 radical (unpaired) electrons. The number of hydrogen-bond acceptors (Lipinski definition) is 5. The lowest BCUT2D eigenvalue weighted by molar-refractivity contribution is -0.0817. The lowest BCUT2D eigenvalue weighted by Gasteiger charge is -2.37. The smallest absolute Gasteiger partial charge is 0.194 e. The second-order valence-electron chi connectivity index (χ2n) is 7.67. The summed E-state index contributed by atoms with van der Waals surface area (Å²) in [5.74, 6) is 1.72. The molecule has 1 N–H and O–H groups in total. The molecule has 29 heavy (non-hydrogen) atoms. The fraction of sp³-hybridized carbons (Fsp3) is 0.571. The van der Waals surface area contributed by atoms with Crippen molar-refractivity contribution in [2.24, 2.45) is 4.99 Å². The van der Waals surface area contributed by atoms with E-state index in [-0.39, 0.29) is 12.2 Å². The van der Waals surface area contributed by atoms with Crippen molar-refractivity contribution in [2.45, 2.75) is 45.4 Å². The van der Waals surface area contributed by atoms with Crippen molar-refractivity contribution < 1.29 is 9.47 Å². The van der Waals surface area contributed by atoms with Crippen LogP contribution in [0.2, 0.25) is 0 Å². The fourth-order valence-electron chi connectivity index (χ4n) is 4.01. The van der Waals surface area contributed by atoms with Crippen molar-refractivity contribution >= 4 is 5.96 Å². The number of aliphatic imine (C=N–C) groups is 1. The van der Waals surface area contributed by atoms with Crippen LogP contribution in [-0.4, -0.2) is 71.2 Å². The Kier molecular flexibility index (Phi) is 6.10. The van der Waals surface area contributed by atoms with E-state index < -0.39 is 0 Å². The Labute approximate surface area is 171 Å². The number of aromatic nitrogens is 3. The zero-order valence-electron chi connectivity index (χ0n) is 17.5. The van der Waals surface area contributed by atoms with Gasteiger partial charge in [-0.25, -0.2) is 9.67 Å². The highest BCUT2D eigenvalue weighted by atomic mass is 16.5. The molecule has 0 aromatic carbocycles. The van der Waals surface area contributed by atoms with Crippen LogP contribution < -0.4 is 5.32 Å². The fourth-order valence-corrected chi connectivity index (χ4v) is 4.01. The molecule has 0 aliphatic carbocycles. The van der Waals surface area contributed by atoms with E-state index >= 15 is 0 Å². The minimum atomic E-state index is 0.117. The maximum Gasteiger partial charge on any atom is 0.194 e. The van der Waals surface area contributed by atoms with Crippen LogP contribution in [0.3, 0.4) is 0 Å². The van der Waals surface area contributed by atoms with Crippen LogP contribution in [0.25, 0.3) is 5.82 Å². The number of pyridine rings is 1. The van der Waals surface area contributed by atoms with Gasteiger partial charge in [0.15, 0.2) is 11.8 Å². The Hall–Kier alpha value is -2.45. The number of nitrogens with zero attached hydrogens (tertiary/aromatic N) is 5. The molecule has 2 aliphatic rings. The van der Waals surface area contributed by atoms with Crippen molar-refractivity contribution in [1.82, 2.24) is 25.0 Å². The van der Waals surface area contributed by atoms with Gasteiger partial charge in [-0.15, -0.1) is 0 Å². The Morgan fingerprint density at radius 3 is 2.76 bits per heavy atom. The summed E-state index contributed by atoms with van der Waals surface area (Å²) < 4.78 is 13.6. The van der Waals surface area contributed by atoms with Gasteiger partial charge in [-0.1, -0.05) is 6.07 Å². The minimum absolute atomic E-state index is 0.117. The molecule has 0 amide bonds. The van der Waals surface area contributed by atoms with Crippen LogP contribution in [0.5, 0.6) is 0 Å².